The summed E-state index contributed by atoms with van der Waals surface area (Å²) in [6, 6.07) is 11.6. The van der Waals surface area contributed by atoms with Gasteiger partial charge in [-0.1, -0.05) is 37.2 Å². The van der Waals surface area contributed by atoms with Crippen LogP contribution in [-0.2, 0) is 20.7 Å². The van der Waals surface area contributed by atoms with E-state index >= 15 is 0 Å². The quantitative estimate of drug-likeness (QED) is 0.181. The summed E-state index contributed by atoms with van der Waals surface area (Å²) in [5, 5.41) is 13.3. The first-order chi connectivity index (χ1) is 19.4. The number of anilines is 1. The van der Waals surface area contributed by atoms with Crippen LogP contribution in [0.4, 0.5) is 15.3 Å². The zero-order chi connectivity index (χ0) is 30.4. The van der Waals surface area contributed by atoms with Gasteiger partial charge in [0, 0.05) is 12.1 Å². The maximum atomic E-state index is 12.9. The van der Waals surface area contributed by atoms with E-state index in [0.29, 0.717) is 29.8 Å². The van der Waals surface area contributed by atoms with E-state index in [1.54, 1.807) is 45.0 Å². The number of rotatable bonds is 12. The molecule has 0 heterocycles. The van der Waals surface area contributed by atoms with E-state index in [1.807, 2.05) is 0 Å². The van der Waals surface area contributed by atoms with E-state index in [0.717, 1.165) is 18.4 Å². The fourth-order valence-electron chi connectivity index (χ4n) is 3.21. The molecule has 0 bridgehead atoms. The number of carboxylic acid groups (broad SMARTS) is 1. The van der Waals surface area contributed by atoms with Crippen molar-refractivity contribution < 1.29 is 38.6 Å². The summed E-state index contributed by atoms with van der Waals surface area (Å²) in [7, 11) is 0. The van der Waals surface area contributed by atoms with Gasteiger partial charge < -0.3 is 25.2 Å². The summed E-state index contributed by atoms with van der Waals surface area (Å²) in [5.74, 6) is -1.88. The van der Waals surface area contributed by atoms with Crippen molar-refractivity contribution in [2.45, 2.75) is 58.6 Å². The van der Waals surface area contributed by atoms with Crippen molar-refractivity contribution in [1.29, 1.82) is 0 Å². The zero-order valence-corrected chi connectivity index (χ0v) is 24.3. The molecule has 0 unspecified atom stereocenters. The molecule has 0 saturated carbocycles. The van der Waals surface area contributed by atoms with Crippen molar-refractivity contribution in [2.75, 3.05) is 17.7 Å². The molecule has 2 rings (SSSR count). The Labute approximate surface area is 242 Å². The van der Waals surface area contributed by atoms with Crippen LogP contribution >= 0.6 is 11.8 Å². The molecule has 0 aliphatic heterocycles. The third-order valence-electron chi connectivity index (χ3n) is 5.17. The highest BCUT2D eigenvalue weighted by Gasteiger charge is 2.25. The molecule has 0 aliphatic carbocycles. The van der Waals surface area contributed by atoms with Crippen LogP contribution in [0.3, 0.4) is 0 Å². The molecule has 41 heavy (non-hydrogen) atoms. The van der Waals surface area contributed by atoms with Crippen molar-refractivity contribution in [3.05, 3.63) is 59.7 Å². The third-order valence-corrected chi connectivity index (χ3v) is 5.95. The van der Waals surface area contributed by atoms with Gasteiger partial charge in [-0.2, -0.15) is 0 Å². The molecule has 5 N–H and O–H groups in total. The number of unbranched alkanes of at least 4 members (excludes halogenated alkanes) is 1. The number of carboxylic acids is 1. The second-order valence-corrected chi connectivity index (χ2v) is 10.8. The van der Waals surface area contributed by atoms with Crippen LogP contribution in [0.2, 0.25) is 0 Å². The highest BCUT2D eigenvalue weighted by molar-refractivity contribution is 8.14. The molecule has 222 valence electrons. The maximum Gasteiger partial charge on any atom is 0.408 e. The van der Waals surface area contributed by atoms with E-state index in [1.165, 1.54) is 24.3 Å². The van der Waals surface area contributed by atoms with Crippen LogP contribution in [0.1, 0.15) is 56.5 Å². The third kappa shape index (κ3) is 13.1. The molecule has 0 radical (unpaired) electrons. The number of hydrazine groups is 1. The van der Waals surface area contributed by atoms with Gasteiger partial charge in [-0.15, -0.1) is 0 Å². The molecular weight excluding hydrogens is 552 g/mol. The maximum absolute atomic E-state index is 12.9. The van der Waals surface area contributed by atoms with Crippen LogP contribution in [0, 0.1) is 0 Å². The van der Waals surface area contributed by atoms with E-state index in [2.05, 4.69) is 28.4 Å². The molecule has 2 aromatic carbocycles. The lowest BCUT2D eigenvalue weighted by Crippen LogP contribution is -2.53. The predicted octanol–water partition coefficient (Wildman–Crippen LogP) is 4.11. The number of ether oxygens (including phenoxy) is 2. The molecule has 1 atom stereocenters. The Bertz CT molecular complexity index is 1200. The molecule has 0 fully saturated rings. The van der Waals surface area contributed by atoms with Gasteiger partial charge in [-0.3, -0.25) is 25.2 Å². The molecule has 0 saturated heterocycles. The number of nitrogens with one attached hydrogen (secondary N) is 4. The number of aromatic carboxylic acids is 1. The van der Waals surface area contributed by atoms with Crippen LogP contribution in [0.25, 0.3) is 0 Å². The van der Waals surface area contributed by atoms with Gasteiger partial charge in [-0.05, 0) is 69.2 Å². The number of carbonyl (C=O) groups is 5. The second kappa shape index (κ2) is 16.1. The van der Waals surface area contributed by atoms with Gasteiger partial charge in [0.15, 0.2) is 0 Å². The predicted molar refractivity (Wildman–Crippen MR) is 155 cm³/mol. The number of alkyl carbamates (subject to hydrolysis) is 1. The summed E-state index contributed by atoms with van der Waals surface area (Å²) in [5.41, 5.74) is 4.86. The van der Waals surface area contributed by atoms with Gasteiger partial charge in [-0.25, -0.2) is 9.59 Å². The average Bonchev–Trinajstić information content (AvgIpc) is 2.90. The zero-order valence-electron chi connectivity index (χ0n) is 23.4. The fourth-order valence-corrected chi connectivity index (χ4v) is 3.67. The topological polar surface area (TPSA) is 172 Å². The first-order valence-electron chi connectivity index (χ1n) is 12.9. The van der Waals surface area contributed by atoms with E-state index in [4.69, 9.17) is 14.6 Å². The standard InChI is InChI=1S/C28H36N4O8S/c1-5-6-15-39-21-13-7-18(8-14-21)16-22(30-26(37)40-28(2,3)4)24(34)31-32-27(38)41-17-23(33)29-20-11-9-19(10-12-20)25(35)36/h7-14,22H,5-6,15-17H2,1-4H3,(H,29,33)(H,30,37)(H,31,34)(H,32,38)(H,35,36)/t22-/m0/s1. The van der Waals surface area contributed by atoms with E-state index in [-0.39, 0.29) is 17.7 Å². The Hall–Kier alpha value is -4.26. The Morgan fingerprint density at radius 1 is 0.951 bits per heavy atom. The highest BCUT2D eigenvalue weighted by Crippen LogP contribution is 2.15. The molecule has 4 amide bonds. The number of benzene rings is 2. The normalized spacial score (nSPS) is 11.5. The molecule has 12 nitrogen and oxygen atoms in total. The van der Waals surface area contributed by atoms with Crippen LogP contribution in [-0.4, -0.2) is 58.2 Å². The Morgan fingerprint density at radius 3 is 2.20 bits per heavy atom. The second-order valence-electron chi connectivity index (χ2n) is 9.87. The minimum atomic E-state index is -1.09. The number of amides is 4. The van der Waals surface area contributed by atoms with Gasteiger partial charge in [0.2, 0.25) is 5.91 Å². The van der Waals surface area contributed by atoms with Crippen molar-refractivity contribution in [1.82, 2.24) is 16.2 Å². The lowest BCUT2D eigenvalue weighted by atomic mass is 10.1. The largest absolute Gasteiger partial charge is 0.494 e. The van der Waals surface area contributed by atoms with Gasteiger partial charge in [0.25, 0.3) is 11.1 Å². The van der Waals surface area contributed by atoms with Gasteiger partial charge >= 0.3 is 12.1 Å². The summed E-state index contributed by atoms with van der Waals surface area (Å²) >= 11 is 0.604. The van der Waals surface area contributed by atoms with Crippen LogP contribution in [0.5, 0.6) is 5.75 Å². The van der Waals surface area contributed by atoms with Crippen molar-refractivity contribution >= 4 is 46.6 Å². The van der Waals surface area contributed by atoms with Crippen LogP contribution in [0.15, 0.2) is 48.5 Å². The van der Waals surface area contributed by atoms with Crippen molar-refractivity contribution in [3.63, 3.8) is 0 Å². The molecule has 0 aliphatic rings. The minimum absolute atomic E-state index is 0.0698. The van der Waals surface area contributed by atoms with E-state index in [9.17, 15) is 24.0 Å². The molecular formula is C28H36N4O8S. The Balaban J connectivity index is 1.91. The van der Waals surface area contributed by atoms with Gasteiger partial charge in [0.1, 0.15) is 17.4 Å². The number of thioether (sulfide) groups is 1. The van der Waals surface area contributed by atoms with Crippen molar-refractivity contribution in [3.8, 4) is 5.75 Å². The summed E-state index contributed by atoms with van der Waals surface area (Å²) in [4.78, 5) is 60.6. The molecule has 13 heteroatoms. The molecule has 0 spiro atoms. The molecule has 0 aromatic heterocycles. The number of hydrogen-bond acceptors (Lipinski definition) is 8. The average molecular weight is 589 g/mol. The Kier molecular flexibility index (Phi) is 12.9. The smallest absolute Gasteiger partial charge is 0.408 e. The minimum Gasteiger partial charge on any atom is -0.494 e. The Morgan fingerprint density at radius 2 is 1.61 bits per heavy atom. The van der Waals surface area contributed by atoms with E-state index < -0.39 is 40.8 Å². The first kappa shape index (κ1) is 32.9. The summed E-state index contributed by atoms with van der Waals surface area (Å²) < 4.78 is 10.9. The summed E-state index contributed by atoms with van der Waals surface area (Å²) in [6.07, 6.45) is 1.25. The van der Waals surface area contributed by atoms with Crippen molar-refractivity contribution in [2.24, 2.45) is 0 Å². The summed E-state index contributed by atoms with van der Waals surface area (Å²) in [6.45, 7) is 7.74. The van der Waals surface area contributed by atoms with Gasteiger partial charge in [0.05, 0.1) is 17.9 Å². The fraction of sp³-hybridized carbons (Fsp3) is 0.393. The number of carbonyl (C=O) groups excluding carboxylic acids is 4. The number of hydrogen-bond donors (Lipinski definition) is 5. The SMILES string of the molecule is CCCCOc1ccc(C[C@H](NC(=O)OC(C)(C)C)C(=O)NNC(=O)SCC(=O)Nc2ccc(C(=O)O)cc2)cc1. The highest BCUT2D eigenvalue weighted by atomic mass is 32.2. The van der Waals surface area contributed by atoms with Crippen LogP contribution < -0.4 is 26.2 Å². The first-order valence-corrected chi connectivity index (χ1v) is 13.9. The monoisotopic (exact) mass is 588 g/mol. The lowest BCUT2D eigenvalue weighted by Gasteiger charge is -2.23. The lowest BCUT2D eigenvalue weighted by molar-refractivity contribution is -0.123. The molecule has 2 aromatic rings.